The fourth-order valence-corrected chi connectivity index (χ4v) is 2.02. The summed E-state index contributed by atoms with van der Waals surface area (Å²) in [6, 6.07) is 8.65. The van der Waals surface area contributed by atoms with Crippen molar-refractivity contribution in [3.05, 3.63) is 63.6 Å². The van der Waals surface area contributed by atoms with Crippen molar-refractivity contribution in [3.8, 4) is 0 Å². The van der Waals surface area contributed by atoms with E-state index in [-0.39, 0.29) is 17.9 Å². The van der Waals surface area contributed by atoms with E-state index in [1.54, 1.807) is 12.1 Å². The summed E-state index contributed by atoms with van der Waals surface area (Å²) in [5.74, 6) is -1.90. The summed E-state index contributed by atoms with van der Waals surface area (Å²) >= 11 is 3.17. The molecular weight excluding hydrogens is 330 g/mol. The summed E-state index contributed by atoms with van der Waals surface area (Å²) in [5.41, 5.74) is 5.73. The van der Waals surface area contributed by atoms with E-state index in [1.165, 1.54) is 18.2 Å². The van der Waals surface area contributed by atoms with Crippen molar-refractivity contribution in [1.82, 2.24) is 0 Å². The van der Waals surface area contributed by atoms with Crippen LogP contribution in [-0.2, 0) is 6.54 Å². The molecule has 0 aliphatic heterocycles. The molecule has 6 heteroatoms. The summed E-state index contributed by atoms with van der Waals surface area (Å²) in [6.45, 7) is 0.203. The van der Waals surface area contributed by atoms with Gasteiger partial charge < -0.3 is 11.1 Å². The zero-order chi connectivity index (χ0) is 14.7. The Morgan fingerprint density at radius 1 is 1.15 bits per heavy atom. The fraction of sp³-hybridized carbons (Fsp3) is 0.0714. The predicted octanol–water partition coefficient (Wildman–Crippen LogP) is 3.44. The van der Waals surface area contributed by atoms with Crippen LogP contribution in [0.15, 0.2) is 40.9 Å². The van der Waals surface area contributed by atoms with Crippen LogP contribution in [0.3, 0.4) is 0 Å². The van der Waals surface area contributed by atoms with Gasteiger partial charge in [0.2, 0.25) is 0 Å². The predicted molar refractivity (Wildman–Crippen MR) is 76.3 cm³/mol. The van der Waals surface area contributed by atoms with Gasteiger partial charge in [0.1, 0.15) is 11.6 Å². The molecule has 2 aromatic carbocycles. The molecule has 0 saturated heterocycles. The highest BCUT2D eigenvalue weighted by molar-refractivity contribution is 9.10. The number of hydrogen-bond donors (Lipinski definition) is 2. The van der Waals surface area contributed by atoms with Crippen molar-refractivity contribution in [2.24, 2.45) is 5.73 Å². The van der Waals surface area contributed by atoms with Crippen LogP contribution in [0.4, 0.5) is 14.5 Å². The number of carbonyl (C=O) groups is 1. The second-order valence-corrected chi connectivity index (χ2v) is 5.06. The van der Waals surface area contributed by atoms with Crippen molar-refractivity contribution >= 4 is 27.5 Å². The van der Waals surface area contributed by atoms with E-state index in [0.717, 1.165) is 6.07 Å². The van der Waals surface area contributed by atoms with Gasteiger partial charge in [-0.15, -0.1) is 0 Å². The highest BCUT2D eigenvalue weighted by Gasteiger charge is 2.09. The molecular formula is C14H11BrF2N2O. The van der Waals surface area contributed by atoms with Gasteiger partial charge in [-0.1, -0.05) is 22.0 Å². The van der Waals surface area contributed by atoms with Gasteiger partial charge in [0, 0.05) is 22.3 Å². The van der Waals surface area contributed by atoms with Crippen molar-refractivity contribution in [2.75, 3.05) is 5.32 Å². The Hall–Kier alpha value is -1.95. The summed E-state index contributed by atoms with van der Waals surface area (Å²) in [5, 5.41) is 2.88. The summed E-state index contributed by atoms with van der Waals surface area (Å²) in [7, 11) is 0. The Morgan fingerprint density at radius 3 is 2.50 bits per heavy atom. The zero-order valence-electron chi connectivity index (χ0n) is 10.3. The molecule has 0 aromatic heterocycles. The first-order valence-electron chi connectivity index (χ1n) is 5.74. The lowest BCUT2D eigenvalue weighted by molar-refractivity contribution is 0.0996. The first-order chi connectivity index (χ1) is 9.47. The Morgan fingerprint density at radius 2 is 1.90 bits per heavy atom. The molecule has 0 spiro atoms. The van der Waals surface area contributed by atoms with Crippen LogP contribution < -0.4 is 11.1 Å². The second-order valence-electron chi connectivity index (χ2n) is 4.15. The van der Waals surface area contributed by atoms with Crippen LogP contribution in [0.2, 0.25) is 0 Å². The number of nitrogens with one attached hydrogen (secondary N) is 1. The molecule has 2 rings (SSSR count). The van der Waals surface area contributed by atoms with E-state index in [2.05, 4.69) is 21.2 Å². The van der Waals surface area contributed by atoms with Gasteiger partial charge in [-0.3, -0.25) is 4.79 Å². The number of halogens is 3. The van der Waals surface area contributed by atoms with Gasteiger partial charge in [0.15, 0.2) is 0 Å². The van der Waals surface area contributed by atoms with Crippen LogP contribution in [0.25, 0.3) is 0 Å². The number of rotatable bonds is 4. The van der Waals surface area contributed by atoms with Gasteiger partial charge >= 0.3 is 0 Å². The van der Waals surface area contributed by atoms with E-state index in [1.807, 2.05) is 0 Å². The molecule has 0 bridgehead atoms. The van der Waals surface area contributed by atoms with Crippen LogP contribution >= 0.6 is 15.9 Å². The number of nitrogens with two attached hydrogens (primary N) is 1. The zero-order valence-corrected chi connectivity index (χ0v) is 11.9. The van der Waals surface area contributed by atoms with Crippen molar-refractivity contribution in [1.29, 1.82) is 0 Å². The van der Waals surface area contributed by atoms with E-state index in [0.29, 0.717) is 15.7 Å². The number of hydrogen-bond acceptors (Lipinski definition) is 2. The normalized spacial score (nSPS) is 10.3. The van der Waals surface area contributed by atoms with Gasteiger partial charge in [-0.2, -0.15) is 0 Å². The maximum Gasteiger partial charge on any atom is 0.251 e. The lowest BCUT2D eigenvalue weighted by atomic mass is 10.1. The van der Waals surface area contributed by atoms with Crippen LogP contribution in [-0.4, -0.2) is 5.91 Å². The first-order valence-corrected chi connectivity index (χ1v) is 6.54. The second kappa shape index (κ2) is 6.00. The smallest absolute Gasteiger partial charge is 0.251 e. The minimum Gasteiger partial charge on any atom is -0.381 e. The molecule has 2 aromatic rings. The van der Waals surface area contributed by atoms with Gasteiger partial charge in [-0.25, -0.2) is 8.78 Å². The van der Waals surface area contributed by atoms with Crippen molar-refractivity contribution < 1.29 is 13.6 Å². The molecule has 3 nitrogen and oxygen atoms in total. The lowest BCUT2D eigenvalue weighted by Gasteiger charge is -2.09. The summed E-state index contributed by atoms with van der Waals surface area (Å²) in [4.78, 5) is 10.9. The minimum absolute atomic E-state index is 0.176. The van der Waals surface area contributed by atoms with E-state index in [9.17, 15) is 13.6 Å². The molecule has 20 heavy (non-hydrogen) atoms. The fourth-order valence-electron chi connectivity index (χ4n) is 1.69. The summed E-state index contributed by atoms with van der Waals surface area (Å²) in [6.07, 6.45) is 0. The third-order valence-electron chi connectivity index (χ3n) is 2.73. The topological polar surface area (TPSA) is 55.1 Å². The standard InChI is InChI=1S/C14H11BrF2N2O/c15-9-2-1-8(12(16)5-9)7-19-10-3-4-11(14(18)20)13(17)6-10/h1-6,19H,7H2,(H2,18,20). The Bertz CT molecular complexity index is 662. The SMILES string of the molecule is NC(=O)c1ccc(NCc2ccc(Br)cc2F)cc1F. The number of anilines is 1. The monoisotopic (exact) mass is 340 g/mol. The third-order valence-corrected chi connectivity index (χ3v) is 3.23. The number of primary amides is 1. The van der Waals surface area contributed by atoms with Gasteiger partial charge in [0.05, 0.1) is 5.56 Å². The van der Waals surface area contributed by atoms with Crippen LogP contribution in [0.5, 0.6) is 0 Å². The minimum atomic E-state index is -0.826. The highest BCUT2D eigenvalue weighted by atomic mass is 79.9. The number of carbonyl (C=O) groups excluding carboxylic acids is 1. The van der Waals surface area contributed by atoms with E-state index < -0.39 is 11.7 Å². The van der Waals surface area contributed by atoms with Crippen molar-refractivity contribution in [3.63, 3.8) is 0 Å². The maximum atomic E-state index is 13.6. The maximum absolute atomic E-state index is 13.6. The average molecular weight is 341 g/mol. The summed E-state index contributed by atoms with van der Waals surface area (Å²) < 4.78 is 27.8. The molecule has 0 unspecified atom stereocenters. The Kier molecular flexibility index (Phi) is 4.34. The first kappa shape index (κ1) is 14.5. The molecule has 1 amide bonds. The molecule has 0 aliphatic carbocycles. The number of benzene rings is 2. The van der Waals surface area contributed by atoms with E-state index in [4.69, 9.17) is 5.73 Å². The average Bonchev–Trinajstić information content (AvgIpc) is 2.37. The van der Waals surface area contributed by atoms with Crippen LogP contribution in [0.1, 0.15) is 15.9 Å². The van der Waals surface area contributed by atoms with Crippen LogP contribution in [0, 0.1) is 11.6 Å². The molecule has 0 atom stereocenters. The molecule has 0 fully saturated rings. The molecule has 0 saturated carbocycles. The largest absolute Gasteiger partial charge is 0.381 e. The molecule has 3 N–H and O–H groups in total. The van der Waals surface area contributed by atoms with E-state index >= 15 is 0 Å². The molecule has 0 aliphatic rings. The molecule has 104 valence electrons. The Labute approximate surface area is 122 Å². The third kappa shape index (κ3) is 3.33. The molecule has 0 heterocycles. The van der Waals surface area contributed by atoms with Crippen molar-refractivity contribution in [2.45, 2.75) is 6.54 Å². The van der Waals surface area contributed by atoms with Gasteiger partial charge in [0.25, 0.3) is 5.91 Å². The number of amides is 1. The lowest BCUT2D eigenvalue weighted by Crippen LogP contribution is -2.13. The quantitative estimate of drug-likeness (QED) is 0.895. The highest BCUT2D eigenvalue weighted by Crippen LogP contribution is 2.18. The Balaban J connectivity index is 2.11. The molecule has 0 radical (unpaired) electrons. The van der Waals surface area contributed by atoms with Gasteiger partial charge in [-0.05, 0) is 30.3 Å².